The lowest BCUT2D eigenvalue weighted by Crippen LogP contribution is -1.87. The molecule has 0 aliphatic heterocycles. The van der Waals surface area contributed by atoms with Gasteiger partial charge in [0.05, 0.1) is 0 Å². The fourth-order valence-corrected chi connectivity index (χ4v) is 8.06. The van der Waals surface area contributed by atoms with Gasteiger partial charge >= 0.3 is 0 Å². The maximum absolute atomic E-state index is 6.70. The van der Waals surface area contributed by atoms with Gasteiger partial charge in [0.1, 0.15) is 22.3 Å². The molecule has 0 atom stereocenters. The number of fused-ring (bicyclic) bond motifs is 12. The monoisotopic (exact) mass is 610 g/mol. The summed E-state index contributed by atoms with van der Waals surface area (Å²) in [6.07, 6.45) is 0. The van der Waals surface area contributed by atoms with Crippen molar-refractivity contribution >= 4 is 87.0 Å². The molecule has 0 unspecified atom stereocenters. The normalized spacial score (nSPS) is 12.2. The minimum absolute atomic E-state index is 0.878. The van der Waals surface area contributed by atoms with Gasteiger partial charge in [0.2, 0.25) is 0 Å². The highest BCUT2D eigenvalue weighted by atomic mass is 16.3. The summed E-state index contributed by atoms with van der Waals surface area (Å²) in [6, 6.07) is 56.6. The largest absolute Gasteiger partial charge is 0.456 e. The van der Waals surface area contributed by atoms with E-state index in [0.717, 1.165) is 60.6 Å². The van der Waals surface area contributed by atoms with Crippen molar-refractivity contribution in [2.45, 2.75) is 0 Å². The summed E-state index contributed by atoms with van der Waals surface area (Å²) in [4.78, 5) is 0. The van der Waals surface area contributed by atoms with E-state index in [2.05, 4.69) is 158 Å². The predicted octanol–water partition coefficient (Wildman–Crippen LogP) is 13.4. The molecule has 2 aromatic heterocycles. The molecule has 11 rings (SSSR count). The van der Waals surface area contributed by atoms with Crippen LogP contribution in [-0.2, 0) is 0 Å². The summed E-state index contributed by atoms with van der Waals surface area (Å²) in [5.74, 6) is 0. The molecule has 222 valence electrons. The molecule has 0 bridgehead atoms. The van der Waals surface area contributed by atoms with Crippen LogP contribution in [-0.4, -0.2) is 0 Å². The van der Waals surface area contributed by atoms with Crippen LogP contribution in [0.25, 0.3) is 109 Å². The number of rotatable bonds is 2. The predicted molar refractivity (Wildman–Crippen MR) is 202 cm³/mol. The Kier molecular flexibility index (Phi) is 5.14. The summed E-state index contributed by atoms with van der Waals surface area (Å²) in [6.45, 7) is 0. The first kappa shape index (κ1) is 25.8. The summed E-state index contributed by atoms with van der Waals surface area (Å²) in [5, 5.41) is 14.5. The standard InChI is InChI=1S/C46H26O2/c1-4-11-32-27(8-1)16-22-38-39(32)24-29-10-3-6-13-34(29)44(38)31-18-21-37-36-20-17-30(25-42(36)48-43(37)26-31)35-14-7-15-40-46(35)45-33-12-5-2-9-28(33)19-23-41(45)47-40/h1-26H. The second-order valence-electron chi connectivity index (χ2n) is 12.8. The average Bonchev–Trinajstić information content (AvgIpc) is 3.71. The van der Waals surface area contributed by atoms with Crippen molar-refractivity contribution in [3.63, 3.8) is 0 Å². The zero-order chi connectivity index (χ0) is 31.3. The first-order chi connectivity index (χ1) is 23.8. The lowest BCUT2D eigenvalue weighted by Gasteiger charge is -2.14. The van der Waals surface area contributed by atoms with E-state index >= 15 is 0 Å². The molecule has 0 N–H and O–H groups in total. The van der Waals surface area contributed by atoms with Crippen molar-refractivity contribution in [3.8, 4) is 22.3 Å². The highest BCUT2D eigenvalue weighted by Crippen LogP contribution is 2.43. The highest BCUT2D eigenvalue weighted by Gasteiger charge is 2.18. The zero-order valence-electron chi connectivity index (χ0n) is 25.8. The maximum atomic E-state index is 6.70. The van der Waals surface area contributed by atoms with Crippen LogP contribution in [0.4, 0.5) is 0 Å². The van der Waals surface area contributed by atoms with Crippen LogP contribution < -0.4 is 0 Å². The molecule has 0 aliphatic carbocycles. The van der Waals surface area contributed by atoms with Gasteiger partial charge in [-0.3, -0.25) is 0 Å². The molecule has 0 fully saturated rings. The minimum atomic E-state index is 0.878. The van der Waals surface area contributed by atoms with Gasteiger partial charge in [-0.1, -0.05) is 115 Å². The summed E-state index contributed by atoms with van der Waals surface area (Å²) < 4.78 is 13.1. The van der Waals surface area contributed by atoms with E-state index in [-0.39, 0.29) is 0 Å². The summed E-state index contributed by atoms with van der Waals surface area (Å²) in [5.41, 5.74) is 8.20. The van der Waals surface area contributed by atoms with Crippen LogP contribution in [0.1, 0.15) is 0 Å². The Bertz CT molecular complexity index is 3120. The second kappa shape index (κ2) is 9.57. The van der Waals surface area contributed by atoms with Crippen molar-refractivity contribution in [3.05, 3.63) is 158 Å². The molecule has 0 aliphatic rings. The van der Waals surface area contributed by atoms with Crippen LogP contribution in [0.5, 0.6) is 0 Å². The second-order valence-corrected chi connectivity index (χ2v) is 12.8. The van der Waals surface area contributed by atoms with Gasteiger partial charge in [0.15, 0.2) is 0 Å². The first-order valence-corrected chi connectivity index (χ1v) is 16.4. The molecule has 48 heavy (non-hydrogen) atoms. The Morgan fingerprint density at radius 3 is 1.73 bits per heavy atom. The summed E-state index contributed by atoms with van der Waals surface area (Å²) in [7, 11) is 0. The van der Waals surface area contributed by atoms with Gasteiger partial charge in [0.25, 0.3) is 0 Å². The molecule has 0 radical (unpaired) electrons. The molecule has 0 amide bonds. The molecular formula is C46H26O2. The van der Waals surface area contributed by atoms with Gasteiger partial charge in [-0.05, 0) is 108 Å². The van der Waals surface area contributed by atoms with Crippen LogP contribution in [0.15, 0.2) is 167 Å². The van der Waals surface area contributed by atoms with Crippen molar-refractivity contribution in [1.29, 1.82) is 0 Å². The van der Waals surface area contributed by atoms with Crippen molar-refractivity contribution in [1.82, 2.24) is 0 Å². The molecule has 2 nitrogen and oxygen atoms in total. The van der Waals surface area contributed by atoms with E-state index < -0.39 is 0 Å². The van der Waals surface area contributed by atoms with E-state index in [1.165, 1.54) is 48.7 Å². The van der Waals surface area contributed by atoms with Crippen molar-refractivity contribution in [2.24, 2.45) is 0 Å². The number of hydrogen-bond donors (Lipinski definition) is 0. The quantitative estimate of drug-likeness (QED) is 0.144. The topological polar surface area (TPSA) is 26.3 Å². The molecule has 0 saturated carbocycles. The fourth-order valence-electron chi connectivity index (χ4n) is 8.06. The molecule has 2 heterocycles. The highest BCUT2D eigenvalue weighted by molar-refractivity contribution is 6.23. The molecule has 0 saturated heterocycles. The molecule has 0 spiro atoms. The third-order valence-corrected chi connectivity index (χ3v) is 10.2. The van der Waals surface area contributed by atoms with Gasteiger partial charge in [-0.15, -0.1) is 0 Å². The van der Waals surface area contributed by atoms with Gasteiger partial charge < -0.3 is 8.83 Å². The van der Waals surface area contributed by atoms with E-state index in [1.807, 2.05) is 0 Å². The number of benzene rings is 9. The average molecular weight is 611 g/mol. The Hall–Kier alpha value is -6.38. The fraction of sp³-hybridized carbons (Fsp3) is 0. The zero-order valence-corrected chi connectivity index (χ0v) is 25.8. The Morgan fingerprint density at radius 1 is 0.292 bits per heavy atom. The van der Waals surface area contributed by atoms with E-state index in [9.17, 15) is 0 Å². The Balaban J connectivity index is 1.13. The third-order valence-electron chi connectivity index (χ3n) is 10.2. The lowest BCUT2D eigenvalue weighted by atomic mass is 9.89. The van der Waals surface area contributed by atoms with Crippen LogP contribution in [0.3, 0.4) is 0 Å². The Labute approximate surface area is 275 Å². The van der Waals surface area contributed by atoms with E-state index in [0.29, 0.717) is 0 Å². The SMILES string of the molecule is c1ccc2c(-c3ccc4c(c3)oc3cc(-c5cccc6oc7ccc8ccccc8c7c56)ccc34)c3ccc4ccccc4c3cc2c1. The van der Waals surface area contributed by atoms with Crippen LogP contribution >= 0.6 is 0 Å². The summed E-state index contributed by atoms with van der Waals surface area (Å²) >= 11 is 0. The van der Waals surface area contributed by atoms with Crippen molar-refractivity contribution < 1.29 is 8.83 Å². The molecule has 2 heteroatoms. The Morgan fingerprint density at radius 2 is 0.896 bits per heavy atom. The maximum Gasteiger partial charge on any atom is 0.136 e. The van der Waals surface area contributed by atoms with Gasteiger partial charge in [0, 0.05) is 21.5 Å². The lowest BCUT2D eigenvalue weighted by molar-refractivity contribution is 0.668. The van der Waals surface area contributed by atoms with Crippen molar-refractivity contribution in [2.75, 3.05) is 0 Å². The van der Waals surface area contributed by atoms with Gasteiger partial charge in [-0.2, -0.15) is 0 Å². The van der Waals surface area contributed by atoms with Gasteiger partial charge in [-0.25, -0.2) is 0 Å². The number of hydrogen-bond acceptors (Lipinski definition) is 2. The van der Waals surface area contributed by atoms with E-state index in [1.54, 1.807) is 0 Å². The smallest absolute Gasteiger partial charge is 0.136 e. The van der Waals surface area contributed by atoms with E-state index in [4.69, 9.17) is 8.83 Å². The van der Waals surface area contributed by atoms with Crippen LogP contribution in [0.2, 0.25) is 0 Å². The first-order valence-electron chi connectivity index (χ1n) is 16.4. The molecular weight excluding hydrogens is 585 g/mol. The molecule has 11 aromatic rings. The minimum Gasteiger partial charge on any atom is -0.456 e. The molecule has 9 aromatic carbocycles. The third kappa shape index (κ3) is 3.57. The van der Waals surface area contributed by atoms with Crippen LogP contribution in [0, 0.1) is 0 Å². The number of furan rings is 2.